The van der Waals surface area contributed by atoms with Crippen molar-refractivity contribution in [2.75, 3.05) is 13.2 Å². The van der Waals surface area contributed by atoms with E-state index in [9.17, 15) is 14.4 Å². The molecule has 1 aliphatic carbocycles. The van der Waals surface area contributed by atoms with Gasteiger partial charge in [0.2, 0.25) is 0 Å². The van der Waals surface area contributed by atoms with Crippen molar-refractivity contribution in [3.05, 3.63) is 83.4 Å². The Kier molecular flexibility index (Phi) is 6.79. The second kappa shape index (κ2) is 10.1. The fraction of sp³-hybridized carbons (Fsp3) is 0.208. The van der Waals surface area contributed by atoms with Crippen molar-refractivity contribution in [2.24, 2.45) is 0 Å². The summed E-state index contributed by atoms with van der Waals surface area (Å²) in [5.41, 5.74) is 4.52. The Labute approximate surface area is 194 Å². The van der Waals surface area contributed by atoms with Crippen molar-refractivity contribution in [1.29, 1.82) is 0 Å². The normalized spacial score (nSPS) is 12.9. The second-order valence-corrected chi connectivity index (χ2v) is 7.61. The van der Waals surface area contributed by atoms with Crippen molar-refractivity contribution in [2.45, 2.75) is 18.5 Å². The molecule has 1 heterocycles. The Bertz CT molecular complexity index is 1170. The van der Waals surface area contributed by atoms with Gasteiger partial charge < -0.3 is 25.6 Å². The molecule has 1 aromatic heterocycles. The number of alkyl carbamates (subject to hydrolysis) is 1. The Hall–Kier alpha value is -4.31. The molecule has 174 valence electrons. The Morgan fingerprint density at radius 1 is 0.971 bits per heavy atom. The van der Waals surface area contributed by atoms with Crippen LogP contribution < -0.4 is 10.6 Å². The Morgan fingerprint density at radius 2 is 1.56 bits per heavy atom. The number of carboxylic acid groups (broad SMARTS) is 1. The summed E-state index contributed by atoms with van der Waals surface area (Å²) < 4.78 is 5.45. The predicted octanol–water partition coefficient (Wildman–Crippen LogP) is 1.69. The molecule has 0 unspecified atom stereocenters. The maximum absolute atomic E-state index is 12.3. The molecule has 4 N–H and O–H groups in total. The van der Waals surface area contributed by atoms with Crippen LogP contribution in [-0.4, -0.2) is 57.4 Å². The molecule has 3 aromatic rings. The molecule has 1 aliphatic rings. The number of aliphatic hydroxyl groups is 1. The van der Waals surface area contributed by atoms with Gasteiger partial charge in [-0.3, -0.25) is 4.79 Å². The lowest BCUT2D eigenvalue weighted by Gasteiger charge is -2.14. The average Bonchev–Trinajstić information content (AvgIpc) is 3.18. The molecule has 2 aromatic carbocycles. The van der Waals surface area contributed by atoms with Crippen molar-refractivity contribution >= 4 is 18.0 Å². The number of ether oxygens (including phenoxy) is 1. The zero-order valence-electron chi connectivity index (χ0n) is 18.0. The molecule has 0 aliphatic heterocycles. The number of amides is 2. The molecule has 0 bridgehead atoms. The zero-order valence-corrected chi connectivity index (χ0v) is 18.0. The zero-order chi connectivity index (χ0) is 24.1. The van der Waals surface area contributed by atoms with E-state index in [0.29, 0.717) is 0 Å². The lowest BCUT2D eigenvalue weighted by atomic mass is 9.98. The van der Waals surface area contributed by atoms with Crippen LogP contribution in [0.4, 0.5) is 4.79 Å². The topological polar surface area (TPSA) is 151 Å². The Balaban J connectivity index is 1.30. The minimum absolute atomic E-state index is 0.0181. The van der Waals surface area contributed by atoms with Crippen molar-refractivity contribution in [3.8, 4) is 11.1 Å². The van der Waals surface area contributed by atoms with Gasteiger partial charge >= 0.3 is 12.1 Å². The van der Waals surface area contributed by atoms with Crippen LogP contribution in [-0.2, 0) is 16.1 Å². The van der Waals surface area contributed by atoms with E-state index in [1.807, 2.05) is 36.4 Å². The molecule has 34 heavy (non-hydrogen) atoms. The first-order chi connectivity index (χ1) is 16.5. The number of aliphatic hydroxyl groups excluding tert-OH is 1. The molecule has 0 radical (unpaired) electrons. The number of carbonyl (C=O) groups is 3. The summed E-state index contributed by atoms with van der Waals surface area (Å²) >= 11 is 0. The van der Waals surface area contributed by atoms with E-state index in [4.69, 9.17) is 14.9 Å². The summed E-state index contributed by atoms with van der Waals surface area (Å²) in [5.74, 6) is -1.92. The van der Waals surface area contributed by atoms with E-state index in [0.717, 1.165) is 22.3 Å². The minimum atomic E-state index is -1.43. The monoisotopic (exact) mass is 462 g/mol. The average molecular weight is 462 g/mol. The highest BCUT2D eigenvalue weighted by molar-refractivity contribution is 5.96. The summed E-state index contributed by atoms with van der Waals surface area (Å²) in [4.78, 5) is 43.2. The molecule has 0 fully saturated rings. The van der Waals surface area contributed by atoms with Crippen LogP contribution in [0.15, 0.2) is 60.9 Å². The number of benzene rings is 2. The number of carboxylic acids is 1. The van der Waals surface area contributed by atoms with Gasteiger partial charge in [0.05, 0.1) is 18.7 Å². The van der Waals surface area contributed by atoms with E-state index < -0.39 is 30.6 Å². The van der Waals surface area contributed by atoms with E-state index in [1.54, 1.807) is 0 Å². The summed E-state index contributed by atoms with van der Waals surface area (Å²) in [6.45, 7) is -0.591. The number of rotatable bonds is 8. The molecule has 10 heteroatoms. The summed E-state index contributed by atoms with van der Waals surface area (Å²) in [5, 5.41) is 22.6. The molecule has 4 rings (SSSR count). The van der Waals surface area contributed by atoms with Crippen LogP contribution in [0, 0.1) is 0 Å². The molecule has 2 amide bonds. The largest absolute Gasteiger partial charge is 0.480 e. The van der Waals surface area contributed by atoms with E-state index in [1.165, 1.54) is 12.4 Å². The number of aliphatic carboxylic acids is 1. The smallest absolute Gasteiger partial charge is 0.407 e. The summed E-state index contributed by atoms with van der Waals surface area (Å²) in [6, 6.07) is 14.6. The van der Waals surface area contributed by atoms with Crippen LogP contribution in [0.25, 0.3) is 11.1 Å². The van der Waals surface area contributed by atoms with Crippen molar-refractivity contribution < 1.29 is 29.3 Å². The first-order valence-corrected chi connectivity index (χ1v) is 10.5. The van der Waals surface area contributed by atoms with Crippen LogP contribution in [0.2, 0.25) is 0 Å². The number of fused-ring (bicyclic) bond motifs is 3. The standard InChI is InChI=1S/C24H22N4O6/c29-12-20(23(31)32)28-22(30)14-9-25-21(26-10-14)11-27-24(33)34-13-19-17-7-3-1-5-15(17)16-6-2-4-8-18(16)19/h1-10,19-20,29H,11-13H2,(H,27,33)(H,28,30)(H,31,32)/t20-/m0/s1. The molecular formula is C24H22N4O6. The molecular weight excluding hydrogens is 440 g/mol. The summed E-state index contributed by atoms with van der Waals surface area (Å²) in [7, 11) is 0. The number of aromatic nitrogens is 2. The molecule has 1 atom stereocenters. The van der Waals surface area contributed by atoms with Crippen LogP contribution in [0.3, 0.4) is 0 Å². The van der Waals surface area contributed by atoms with Gasteiger partial charge in [-0.15, -0.1) is 0 Å². The summed E-state index contributed by atoms with van der Waals surface area (Å²) in [6.07, 6.45) is 1.78. The SMILES string of the molecule is O=C(NCc1ncc(C(=O)N[C@@H](CO)C(=O)O)cn1)OCC1c2ccccc2-c2ccccc21. The van der Waals surface area contributed by atoms with Gasteiger partial charge in [0.25, 0.3) is 5.91 Å². The first-order valence-electron chi connectivity index (χ1n) is 10.5. The maximum atomic E-state index is 12.3. The van der Waals surface area contributed by atoms with Crippen LogP contribution in [0.1, 0.15) is 33.2 Å². The molecule has 0 saturated heterocycles. The number of hydrogen-bond donors (Lipinski definition) is 4. The van der Waals surface area contributed by atoms with Gasteiger partial charge in [-0.25, -0.2) is 19.6 Å². The highest BCUT2D eigenvalue weighted by Gasteiger charge is 2.29. The molecule has 0 saturated carbocycles. The van der Waals surface area contributed by atoms with Gasteiger partial charge in [-0.05, 0) is 22.3 Å². The maximum Gasteiger partial charge on any atom is 0.407 e. The number of carbonyl (C=O) groups excluding carboxylic acids is 2. The van der Waals surface area contributed by atoms with Crippen molar-refractivity contribution in [1.82, 2.24) is 20.6 Å². The number of hydrogen-bond acceptors (Lipinski definition) is 7. The number of nitrogens with one attached hydrogen (secondary N) is 2. The minimum Gasteiger partial charge on any atom is -0.480 e. The van der Waals surface area contributed by atoms with Crippen LogP contribution in [0.5, 0.6) is 0 Å². The highest BCUT2D eigenvalue weighted by atomic mass is 16.5. The van der Waals surface area contributed by atoms with Gasteiger partial charge in [0.15, 0.2) is 6.04 Å². The quantitative estimate of drug-likeness (QED) is 0.395. The van der Waals surface area contributed by atoms with E-state index in [2.05, 4.69) is 32.7 Å². The Morgan fingerprint density at radius 3 is 2.12 bits per heavy atom. The lowest BCUT2D eigenvalue weighted by molar-refractivity contribution is -0.140. The van der Waals surface area contributed by atoms with Gasteiger partial charge in [-0.2, -0.15) is 0 Å². The fourth-order valence-corrected chi connectivity index (χ4v) is 3.79. The third-order valence-electron chi connectivity index (χ3n) is 5.49. The third kappa shape index (κ3) is 4.86. The predicted molar refractivity (Wildman–Crippen MR) is 120 cm³/mol. The molecule has 10 nitrogen and oxygen atoms in total. The number of nitrogens with zero attached hydrogens (tertiary/aromatic N) is 2. The lowest BCUT2D eigenvalue weighted by Crippen LogP contribution is -2.43. The third-order valence-corrected chi connectivity index (χ3v) is 5.49. The van der Waals surface area contributed by atoms with E-state index in [-0.39, 0.29) is 30.5 Å². The van der Waals surface area contributed by atoms with Crippen LogP contribution >= 0.6 is 0 Å². The second-order valence-electron chi connectivity index (χ2n) is 7.61. The van der Waals surface area contributed by atoms with Gasteiger partial charge in [0.1, 0.15) is 12.4 Å². The van der Waals surface area contributed by atoms with Crippen molar-refractivity contribution in [3.63, 3.8) is 0 Å². The highest BCUT2D eigenvalue weighted by Crippen LogP contribution is 2.44. The van der Waals surface area contributed by atoms with Gasteiger partial charge in [0, 0.05) is 18.3 Å². The molecule has 0 spiro atoms. The van der Waals surface area contributed by atoms with E-state index >= 15 is 0 Å². The fourth-order valence-electron chi connectivity index (χ4n) is 3.79. The first kappa shape index (κ1) is 22.9. The van der Waals surface area contributed by atoms with Gasteiger partial charge in [-0.1, -0.05) is 48.5 Å².